The Bertz CT molecular complexity index is 827. The largest absolute Gasteiger partial charge is 0.349 e. The van der Waals surface area contributed by atoms with Gasteiger partial charge in [0.1, 0.15) is 0 Å². The molecule has 7 nitrogen and oxygen atoms in total. The summed E-state index contributed by atoms with van der Waals surface area (Å²) in [5.41, 5.74) is 1.64. The maximum absolute atomic E-state index is 12.7. The van der Waals surface area contributed by atoms with Crippen molar-refractivity contribution in [1.29, 1.82) is 0 Å². The monoisotopic (exact) mass is 384 g/mol. The Morgan fingerprint density at radius 3 is 2.50 bits per heavy atom. The summed E-state index contributed by atoms with van der Waals surface area (Å²) in [5.74, 6) is 0.0574. The lowest BCUT2D eigenvalue weighted by Gasteiger charge is -2.35. The first kappa shape index (κ1) is 18.9. The third kappa shape index (κ3) is 3.17. The molecule has 3 heterocycles. The van der Waals surface area contributed by atoms with E-state index in [4.69, 9.17) is 0 Å². The minimum atomic E-state index is -0.567. The van der Waals surface area contributed by atoms with Crippen LogP contribution in [-0.4, -0.2) is 66.3 Å². The average Bonchev–Trinajstić information content (AvgIpc) is 3.12. The number of benzene rings is 1. The van der Waals surface area contributed by atoms with Gasteiger partial charge in [0.15, 0.2) is 0 Å². The van der Waals surface area contributed by atoms with E-state index in [2.05, 4.69) is 15.5 Å². The van der Waals surface area contributed by atoms with Crippen molar-refractivity contribution >= 4 is 23.4 Å². The predicted molar refractivity (Wildman–Crippen MR) is 106 cm³/mol. The number of fused-ring (bicyclic) bond motifs is 1. The van der Waals surface area contributed by atoms with Gasteiger partial charge in [-0.1, -0.05) is 6.07 Å². The molecule has 28 heavy (non-hydrogen) atoms. The number of hydrogen-bond acceptors (Lipinski definition) is 4. The number of hydrogen-bond donors (Lipinski definition) is 2. The van der Waals surface area contributed by atoms with E-state index in [0.29, 0.717) is 5.56 Å². The van der Waals surface area contributed by atoms with E-state index in [1.807, 2.05) is 27.0 Å². The molecule has 7 heteroatoms. The minimum Gasteiger partial charge on any atom is -0.349 e. The van der Waals surface area contributed by atoms with Gasteiger partial charge in [-0.2, -0.15) is 0 Å². The second kappa shape index (κ2) is 6.88. The van der Waals surface area contributed by atoms with Crippen molar-refractivity contribution in [3.05, 3.63) is 29.3 Å². The smallest absolute Gasteiger partial charge is 0.251 e. The van der Waals surface area contributed by atoms with Crippen molar-refractivity contribution in [3.63, 3.8) is 0 Å². The van der Waals surface area contributed by atoms with E-state index in [1.165, 1.54) is 0 Å². The number of likely N-dealkylation sites (tertiary alicyclic amines) is 2. The number of nitrogens with one attached hydrogen (secondary N) is 2. The van der Waals surface area contributed by atoms with Crippen LogP contribution >= 0.6 is 0 Å². The lowest BCUT2D eigenvalue weighted by molar-refractivity contribution is -0.131. The van der Waals surface area contributed by atoms with Gasteiger partial charge in [-0.15, -0.1) is 0 Å². The fraction of sp³-hybridized carbons (Fsp3) is 0.571. The van der Waals surface area contributed by atoms with E-state index < -0.39 is 5.41 Å². The zero-order chi connectivity index (χ0) is 20.1. The number of nitrogens with zero attached hydrogens (tertiary/aromatic N) is 2. The summed E-state index contributed by atoms with van der Waals surface area (Å²) in [5, 5.41) is 5.99. The number of amides is 3. The molecule has 0 unspecified atom stereocenters. The van der Waals surface area contributed by atoms with Gasteiger partial charge in [0, 0.05) is 44.0 Å². The standard InChI is InChI=1S/C21H28N4O3/c1-21(2)15-5-4-13(12-16(15)23-20(21)28)18(26)22-14-6-10-25(11-7-14)17-8-9-24(3)19(17)27/h4-5,12,14,17H,6-11H2,1-3H3,(H,22,26)(H,23,28)/t17-/m1/s1. The molecule has 2 saturated heterocycles. The molecule has 3 amide bonds. The molecule has 0 saturated carbocycles. The van der Waals surface area contributed by atoms with Gasteiger partial charge in [-0.25, -0.2) is 0 Å². The molecule has 0 spiro atoms. The maximum Gasteiger partial charge on any atom is 0.251 e. The first-order valence-corrected chi connectivity index (χ1v) is 10.0. The molecule has 0 aromatic heterocycles. The predicted octanol–water partition coefficient (Wildman–Crippen LogP) is 1.34. The van der Waals surface area contributed by atoms with Crippen LogP contribution in [0.15, 0.2) is 18.2 Å². The molecule has 3 aliphatic heterocycles. The minimum absolute atomic E-state index is 0.00493. The van der Waals surface area contributed by atoms with Gasteiger partial charge < -0.3 is 15.5 Å². The molecule has 0 aliphatic carbocycles. The van der Waals surface area contributed by atoms with Gasteiger partial charge in [-0.05, 0) is 50.8 Å². The van der Waals surface area contributed by atoms with Crippen LogP contribution in [0.2, 0.25) is 0 Å². The Kier molecular flexibility index (Phi) is 4.65. The number of piperidine rings is 1. The summed E-state index contributed by atoms with van der Waals surface area (Å²) in [4.78, 5) is 41.0. The fourth-order valence-electron chi connectivity index (χ4n) is 4.50. The highest BCUT2D eigenvalue weighted by atomic mass is 16.2. The van der Waals surface area contributed by atoms with Gasteiger partial charge >= 0.3 is 0 Å². The number of likely N-dealkylation sites (N-methyl/N-ethyl adjacent to an activating group) is 1. The molecule has 1 atom stereocenters. The average molecular weight is 384 g/mol. The summed E-state index contributed by atoms with van der Waals surface area (Å²) in [6, 6.07) is 5.53. The first-order valence-electron chi connectivity index (χ1n) is 10.0. The third-order valence-corrected chi connectivity index (χ3v) is 6.48. The first-order chi connectivity index (χ1) is 13.3. The number of anilines is 1. The van der Waals surface area contributed by atoms with Crippen LogP contribution in [-0.2, 0) is 15.0 Å². The van der Waals surface area contributed by atoms with Crippen LogP contribution in [0.3, 0.4) is 0 Å². The molecule has 0 bridgehead atoms. The lowest BCUT2D eigenvalue weighted by atomic mass is 9.86. The van der Waals surface area contributed by atoms with Crippen molar-refractivity contribution in [2.45, 2.75) is 50.6 Å². The molecular formula is C21H28N4O3. The van der Waals surface area contributed by atoms with Crippen LogP contribution < -0.4 is 10.6 Å². The number of carbonyl (C=O) groups is 3. The zero-order valence-electron chi connectivity index (χ0n) is 16.7. The molecule has 150 valence electrons. The van der Waals surface area contributed by atoms with Gasteiger partial charge in [-0.3, -0.25) is 19.3 Å². The molecule has 0 radical (unpaired) electrons. The highest BCUT2D eigenvalue weighted by molar-refractivity contribution is 6.07. The van der Waals surface area contributed by atoms with Gasteiger partial charge in [0.05, 0.1) is 11.5 Å². The van der Waals surface area contributed by atoms with Gasteiger partial charge in [0.2, 0.25) is 11.8 Å². The normalized spacial score (nSPS) is 25.0. The third-order valence-electron chi connectivity index (χ3n) is 6.48. The fourth-order valence-corrected chi connectivity index (χ4v) is 4.50. The molecule has 2 N–H and O–H groups in total. The van der Waals surface area contributed by atoms with Crippen molar-refractivity contribution < 1.29 is 14.4 Å². The topological polar surface area (TPSA) is 81.8 Å². The molecule has 2 fully saturated rings. The Labute approximate surface area is 165 Å². The summed E-state index contributed by atoms with van der Waals surface area (Å²) in [7, 11) is 1.86. The Morgan fingerprint density at radius 1 is 1.14 bits per heavy atom. The van der Waals surface area contributed by atoms with E-state index >= 15 is 0 Å². The second-order valence-corrected chi connectivity index (χ2v) is 8.69. The summed E-state index contributed by atoms with van der Waals surface area (Å²) in [6.45, 7) is 6.24. The SMILES string of the molecule is CN1CC[C@@H](N2CCC(NC(=O)c3ccc4c(c3)NC(=O)C4(C)C)CC2)C1=O. The Hall–Kier alpha value is -2.41. The van der Waals surface area contributed by atoms with E-state index in [0.717, 1.165) is 50.1 Å². The van der Waals surface area contributed by atoms with E-state index in [1.54, 1.807) is 17.0 Å². The van der Waals surface area contributed by atoms with Gasteiger partial charge in [0.25, 0.3) is 5.91 Å². The van der Waals surface area contributed by atoms with Crippen molar-refractivity contribution in [1.82, 2.24) is 15.1 Å². The zero-order valence-corrected chi connectivity index (χ0v) is 16.7. The van der Waals surface area contributed by atoms with Crippen LogP contribution in [0.5, 0.6) is 0 Å². The number of carbonyl (C=O) groups excluding carboxylic acids is 3. The molecule has 3 aliphatic rings. The molecular weight excluding hydrogens is 356 g/mol. The Balaban J connectivity index is 1.35. The summed E-state index contributed by atoms with van der Waals surface area (Å²) in [6.07, 6.45) is 2.57. The Morgan fingerprint density at radius 2 is 1.86 bits per heavy atom. The van der Waals surface area contributed by atoms with Crippen LogP contribution in [0.4, 0.5) is 5.69 Å². The van der Waals surface area contributed by atoms with E-state index in [-0.39, 0.29) is 29.8 Å². The molecule has 4 rings (SSSR count). The lowest BCUT2D eigenvalue weighted by Crippen LogP contribution is -2.50. The van der Waals surface area contributed by atoms with Crippen molar-refractivity contribution in [2.24, 2.45) is 0 Å². The quantitative estimate of drug-likeness (QED) is 0.824. The highest BCUT2D eigenvalue weighted by Gasteiger charge is 2.39. The van der Waals surface area contributed by atoms with E-state index in [9.17, 15) is 14.4 Å². The van der Waals surface area contributed by atoms with Crippen LogP contribution in [0.1, 0.15) is 49.0 Å². The molecule has 1 aromatic rings. The van der Waals surface area contributed by atoms with Crippen LogP contribution in [0.25, 0.3) is 0 Å². The maximum atomic E-state index is 12.7. The van der Waals surface area contributed by atoms with Crippen molar-refractivity contribution in [3.8, 4) is 0 Å². The second-order valence-electron chi connectivity index (χ2n) is 8.69. The summed E-state index contributed by atoms with van der Waals surface area (Å²) < 4.78 is 0. The van der Waals surface area contributed by atoms with Crippen molar-refractivity contribution in [2.75, 3.05) is 32.0 Å². The summed E-state index contributed by atoms with van der Waals surface area (Å²) >= 11 is 0. The highest BCUT2D eigenvalue weighted by Crippen LogP contribution is 2.37. The number of rotatable bonds is 3. The molecule has 1 aromatic carbocycles. The van der Waals surface area contributed by atoms with Crippen LogP contribution in [0, 0.1) is 0 Å².